The Labute approximate surface area is 124 Å². The Balaban J connectivity index is 1.55. The molecule has 0 aliphatic carbocycles. The molecule has 0 saturated carbocycles. The van der Waals surface area contributed by atoms with Crippen LogP contribution < -0.4 is 0 Å². The Morgan fingerprint density at radius 3 is 2.52 bits per heavy atom. The van der Waals surface area contributed by atoms with Crippen molar-refractivity contribution in [2.45, 2.75) is 24.5 Å². The normalized spacial score (nSPS) is 26.7. The van der Waals surface area contributed by atoms with Gasteiger partial charge in [-0.05, 0) is 30.5 Å². The van der Waals surface area contributed by atoms with Gasteiger partial charge < -0.3 is 19.5 Å². The smallest absolute Gasteiger partial charge is 0.123 e. The van der Waals surface area contributed by atoms with Gasteiger partial charge in [-0.15, -0.1) is 0 Å². The first-order valence-electron chi connectivity index (χ1n) is 7.56. The second-order valence-corrected chi connectivity index (χ2v) is 5.91. The SMILES string of the molecule is OC1(c2ccc(F)cc2)CCN(CC2COCCO2)CC1. The van der Waals surface area contributed by atoms with Crippen LogP contribution in [0.1, 0.15) is 18.4 Å². The minimum atomic E-state index is -0.839. The van der Waals surface area contributed by atoms with Crippen LogP contribution in [0.4, 0.5) is 4.39 Å². The minimum absolute atomic E-state index is 0.135. The summed E-state index contributed by atoms with van der Waals surface area (Å²) in [7, 11) is 0. The van der Waals surface area contributed by atoms with Crippen LogP contribution in [0.5, 0.6) is 0 Å². The van der Waals surface area contributed by atoms with Crippen LogP contribution in [-0.4, -0.2) is 55.6 Å². The van der Waals surface area contributed by atoms with Gasteiger partial charge in [-0.3, -0.25) is 0 Å². The standard InChI is InChI=1S/C16H22FNO3/c17-14-3-1-13(2-4-14)16(19)5-7-18(8-6-16)11-15-12-20-9-10-21-15/h1-4,15,19H,5-12H2. The van der Waals surface area contributed by atoms with E-state index in [0.29, 0.717) is 32.7 Å². The lowest BCUT2D eigenvalue weighted by molar-refractivity contribution is -0.106. The van der Waals surface area contributed by atoms with Crippen molar-refractivity contribution in [1.82, 2.24) is 4.90 Å². The van der Waals surface area contributed by atoms with Crippen molar-refractivity contribution in [3.8, 4) is 0 Å². The van der Waals surface area contributed by atoms with Gasteiger partial charge in [0.25, 0.3) is 0 Å². The van der Waals surface area contributed by atoms with Gasteiger partial charge in [0, 0.05) is 19.6 Å². The molecule has 0 radical (unpaired) electrons. The largest absolute Gasteiger partial charge is 0.385 e. The molecule has 5 heteroatoms. The Hall–Kier alpha value is -1.01. The van der Waals surface area contributed by atoms with E-state index in [1.54, 1.807) is 12.1 Å². The number of piperidine rings is 1. The fraction of sp³-hybridized carbons (Fsp3) is 0.625. The average Bonchev–Trinajstić information content (AvgIpc) is 2.51. The molecule has 1 N–H and O–H groups in total. The van der Waals surface area contributed by atoms with Crippen LogP contribution in [-0.2, 0) is 15.1 Å². The summed E-state index contributed by atoms with van der Waals surface area (Å²) in [5.41, 5.74) is -0.0329. The average molecular weight is 295 g/mol. The zero-order valence-electron chi connectivity index (χ0n) is 12.1. The van der Waals surface area contributed by atoms with Gasteiger partial charge in [-0.2, -0.15) is 0 Å². The van der Waals surface area contributed by atoms with E-state index in [4.69, 9.17) is 9.47 Å². The second-order valence-electron chi connectivity index (χ2n) is 5.91. The molecule has 1 atom stereocenters. The first-order chi connectivity index (χ1) is 10.2. The third-order valence-corrected chi connectivity index (χ3v) is 4.41. The fourth-order valence-corrected chi connectivity index (χ4v) is 3.08. The molecule has 2 aliphatic heterocycles. The van der Waals surface area contributed by atoms with Gasteiger partial charge in [0.05, 0.1) is 31.5 Å². The molecule has 2 fully saturated rings. The topological polar surface area (TPSA) is 41.9 Å². The summed E-state index contributed by atoms with van der Waals surface area (Å²) in [6, 6.07) is 6.19. The number of likely N-dealkylation sites (tertiary alicyclic amines) is 1. The zero-order valence-corrected chi connectivity index (χ0v) is 12.1. The third kappa shape index (κ3) is 3.61. The summed E-state index contributed by atoms with van der Waals surface area (Å²) in [6.45, 7) is 4.47. The first-order valence-corrected chi connectivity index (χ1v) is 7.56. The number of aliphatic hydroxyl groups is 1. The van der Waals surface area contributed by atoms with Crippen LogP contribution in [0.2, 0.25) is 0 Å². The van der Waals surface area contributed by atoms with Gasteiger partial charge in [0.2, 0.25) is 0 Å². The van der Waals surface area contributed by atoms with Crippen LogP contribution in [0, 0.1) is 5.82 Å². The molecule has 21 heavy (non-hydrogen) atoms. The van der Waals surface area contributed by atoms with Crippen molar-refractivity contribution in [3.05, 3.63) is 35.6 Å². The molecular formula is C16H22FNO3. The monoisotopic (exact) mass is 295 g/mol. The maximum Gasteiger partial charge on any atom is 0.123 e. The van der Waals surface area contributed by atoms with E-state index in [2.05, 4.69) is 4.90 Å². The maximum absolute atomic E-state index is 13.0. The van der Waals surface area contributed by atoms with Gasteiger partial charge in [0.15, 0.2) is 0 Å². The number of hydrogen-bond donors (Lipinski definition) is 1. The molecule has 116 valence electrons. The highest BCUT2D eigenvalue weighted by Crippen LogP contribution is 2.32. The molecule has 2 heterocycles. The Morgan fingerprint density at radius 1 is 1.19 bits per heavy atom. The number of rotatable bonds is 3. The second kappa shape index (κ2) is 6.40. The van der Waals surface area contributed by atoms with E-state index in [1.165, 1.54) is 12.1 Å². The molecule has 1 aromatic carbocycles. The number of benzene rings is 1. The van der Waals surface area contributed by atoms with E-state index in [9.17, 15) is 9.50 Å². The highest BCUT2D eigenvalue weighted by Gasteiger charge is 2.34. The summed E-state index contributed by atoms with van der Waals surface area (Å²) >= 11 is 0. The van der Waals surface area contributed by atoms with Gasteiger partial charge in [0.1, 0.15) is 5.82 Å². The van der Waals surface area contributed by atoms with Crippen molar-refractivity contribution in [2.24, 2.45) is 0 Å². The number of ether oxygens (including phenoxy) is 2. The highest BCUT2D eigenvalue weighted by atomic mass is 19.1. The lowest BCUT2D eigenvalue weighted by atomic mass is 9.84. The van der Waals surface area contributed by atoms with Crippen molar-refractivity contribution in [2.75, 3.05) is 39.5 Å². The molecule has 3 rings (SSSR count). The molecule has 0 spiro atoms. The summed E-state index contributed by atoms with van der Waals surface area (Å²) in [5.74, 6) is -0.269. The maximum atomic E-state index is 13.0. The molecule has 4 nitrogen and oxygen atoms in total. The van der Waals surface area contributed by atoms with Crippen LogP contribution in [0.25, 0.3) is 0 Å². The summed E-state index contributed by atoms with van der Waals surface area (Å²) in [6.07, 6.45) is 1.45. The van der Waals surface area contributed by atoms with E-state index in [1.807, 2.05) is 0 Å². The predicted molar refractivity (Wildman–Crippen MR) is 76.5 cm³/mol. The summed E-state index contributed by atoms with van der Waals surface area (Å²) in [4.78, 5) is 2.30. The van der Waals surface area contributed by atoms with E-state index < -0.39 is 5.60 Å². The van der Waals surface area contributed by atoms with Crippen molar-refractivity contribution < 1.29 is 19.0 Å². The molecule has 1 unspecified atom stereocenters. The fourth-order valence-electron chi connectivity index (χ4n) is 3.08. The molecule has 0 aromatic heterocycles. The van der Waals surface area contributed by atoms with Crippen molar-refractivity contribution >= 4 is 0 Å². The van der Waals surface area contributed by atoms with Crippen molar-refractivity contribution in [3.63, 3.8) is 0 Å². The minimum Gasteiger partial charge on any atom is -0.385 e. The summed E-state index contributed by atoms with van der Waals surface area (Å²) in [5, 5.41) is 10.8. The lowest BCUT2D eigenvalue weighted by Crippen LogP contribution is -2.47. The van der Waals surface area contributed by atoms with E-state index >= 15 is 0 Å². The molecule has 2 saturated heterocycles. The van der Waals surface area contributed by atoms with Gasteiger partial charge in [-0.1, -0.05) is 12.1 Å². The molecule has 2 aliphatic rings. The Kier molecular flexibility index (Phi) is 4.54. The van der Waals surface area contributed by atoms with Gasteiger partial charge >= 0.3 is 0 Å². The Morgan fingerprint density at radius 2 is 1.90 bits per heavy atom. The van der Waals surface area contributed by atoms with E-state index in [-0.39, 0.29) is 11.9 Å². The third-order valence-electron chi connectivity index (χ3n) is 4.41. The van der Waals surface area contributed by atoms with Crippen LogP contribution in [0.3, 0.4) is 0 Å². The number of halogens is 1. The quantitative estimate of drug-likeness (QED) is 0.918. The number of nitrogens with zero attached hydrogens (tertiary/aromatic N) is 1. The first kappa shape index (κ1) is 14.9. The molecule has 0 bridgehead atoms. The highest BCUT2D eigenvalue weighted by molar-refractivity contribution is 5.23. The molecule has 1 aromatic rings. The van der Waals surface area contributed by atoms with Crippen molar-refractivity contribution in [1.29, 1.82) is 0 Å². The zero-order chi connectivity index (χ0) is 14.7. The van der Waals surface area contributed by atoms with Gasteiger partial charge in [-0.25, -0.2) is 4.39 Å². The molecule has 0 amide bonds. The predicted octanol–water partition coefficient (Wildman–Crippen LogP) is 1.52. The number of hydrogen-bond acceptors (Lipinski definition) is 4. The summed E-state index contributed by atoms with van der Waals surface area (Å²) < 4.78 is 24.1. The van der Waals surface area contributed by atoms with Crippen LogP contribution >= 0.6 is 0 Å². The Bertz CT molecular complexity index is 451. The lowest BCUT2D eigenvalue weighted by Gasteiger charge is -2.40. The van der Waals surface area contributed by atoms with E-state index in [0.717, 1.165) is 25.2 Å². The van der Waals surface area contributed by atoms with Crippen LogP contribution in [0.15, 0.2) is 24.3 Å². The molecular weight excluding hydrogens is 273 g/mol.